The van der Waals surface area contributed by atoms with Crippen LogP contribution in [0.3, 0.4) is 0 Å². The van der Waals surface area contributed by atoms with Gasteiger partial charge in [0, 0.05) is 17.0 Å². The summed E-state index contributed by atoms with van der Waals surface area (Å²) in [6, 6.07) is 0.163. The summed E-state index contributed by atoms with van der Waals surface area (Å²) in [5.41, 5.74) is 11.6. The normalized spacial score (nSPS) is 17.0. The highest BCUT2D eigenvalue weighted by Crippen LogP contribution is 2.38. The molecule has 1 aromatic heterocycles. The second-order valence-corrected chi connectivity index (χ2v) is 7.26. The first-order chi connectivity index (χ1) is 10.8. The van der Waals surface area contributed by atoms with Crippen LogP contribution in [0.5, 0.6) is 0 Å². The number of carbonyl (C=O) groups is 1. The number of aromatic nitrogens is 1. The fourth-order valence-corrected chi connectivity index (χ4v) is 3.88. The Bertz CT molecular complexity index is 585. The molecule has 4 N–H and O–H groups in total. The molecule has 23 heavy (non-hydrogen) atoms. The van der Waals surface area contributed by atoms with E-state index in [0.717, 1.165) is 29.8 Å². The summed E-state index contributed by atoms with van der Waals surface area (Å²) in [7, 11) is 0. The predicted octanol–water partition coefficient (Wildman–Crippen LogP) is 2.68. The van der Waals surface area contributed by atoms with Crippen molar-refractivity contribution in [2.75, 3.05) is 0 Å². The molecule has 7 nitrogen and oxygen atoms in total. The van der Waals surface area contributed by atoms with E-state index in [1.54, 1.807) is 4.90 Å². The molecule has 1 heterocycles. The highest BCUT2D eigenvalue weighted by atomic mass is 32.1. The third-order valence-electron chi connectivity index (χ3n) is 3.68. The largest absolute Gasteiger partial charge is 0.440 e. The molecule has 0 fully saturated rings. The van der Waals surface area contributed by atoms with Gasteiger partial charge >= 0.3 is 6.09 Å². The van der Waals surface area contributed by atoms with E-state index in [9.17, 15) is 4.79 Å². The summed E-state index contributed by atoms with van der Waals surface area (Å²) in [5.74, 6) is -0.0181. The molecule has 1 aliphatic carbocycles. The number of nitrogens with two attached hydrogens (primary N) is 2. The number of aryl methyl sites for hydroxylation is 1. The number of guanidine groups is 1. The minimum Gasteiger partial charge on any atom is -0.440 e. The lowest BCUT2D eigenvalue weighted by atomic mass is 10.00. The molecule has 0 saturated heterocycles. The minimum absolute atomic E-state index is 0.0181. The average Bonchev–Trinajstić information content (AvgIpc) is 2.80. The molecule has 1 aromatic rings. The van der Waals surface area contributed by atoms with Gasteiger partial charge in [0.05, 0.1) is 5.69 Å². The van der Waals surface area contributed by atoms with Gasteiger partial charge in [0.25, 0.3) is 0 Å². The maximum Gasteiger partial charge on any atom is 0.410 e. The third kappa shape index (κ3) is 4.13. The molecule has 0 bridgehead atoms. The summed E-state index contributed by atoms with van der Waals surface area (Å²) in [6.45, 7) is 7.92. The van der Waals surface area contributed by atoms with E-state index in [1.165, 1.54) is 11.3 Å². The van der Waals surface area contributed by atoms with Crippen molar-refractivity contribution < 1.29 is 9.53 Å². The van der Waals surface area contributed by atoms with Gasteiger partial charge in [-0.25, -0.2) is 9.78 Å². The van der Waals surface area contributed by atoms with Crippen molar-refractivity contribution >= 4 is 28.5 Å². The van der Waals surface area contributed by atoms with E-state index >= 15 is 0 Å². The Kier molecular flexibility index (Phi) is 5.46. The topological polar surface area (TPSA) is 107 Å². The molecule has 8 heteroatoms. The van der Waals surface area contributed by atoms with Crippen LogP contribution >= 0.6 is 11.3 Å². The highest BCUT2D eigenvalue weighted by Gasteiger charge is 2.31. The summed E-state index contributed by atoms with van der Waals surface area (Å²) >= 11 is 1.45. The van der Waals surface area contributed by atoms with Crippen molar-refractivity contribution in [1.82, 2.24) is 9.88 Å². The van der Waals surface area contributed by atoms with Gasteiger partial charge in [-0.3, -0.25) is 0 Å². The Morgan fingerprint density at radius 3 is 2.57 bits per heavy atom. The van der Waals surface area contributed by atoms with Crippen LogP contribution in [0.4, 0.5) is 9.93 Å². The third-order valence-corrected chi connectivity index (χ3v) is 4.71. The number of ether oxygens (including phenoxy) is 1. The Morgan fingerprint density at radius 1 is 1.35 bits per heavy atom. The number of fused-ring (bicyclic) bond motifs is 1. The Morgan fingerprint density at radius 2 is 2.00 bits per heavy atom. The molecule has 0 radical (unpaired) electrons. The lowest BCUT2D eigenvalue weighted by Crippen LogP contribution is -2.43. The summed E-state index contributed by atoms with van der Waals surface area (Å²) in [4.78, 5) is 23.8. The molecule has 0 aromatic carbocycles. The maximum absolute atomic E-state index is 12.5. The van der Waals surface area contributed by atoms with E-state index in [-0.39, 0.29) is 30.2 Å². The van der Waals surface area contributed by atoms with E-state index in [4.69, 9.17) is 16.2 Å². The first kappa shape index (κ1) is 17.5. The fourth-order valence-electron chi connectivity index (χ4n) is 2.84. The van der Waals surface area contributed by atoms with Crippen LogP contribution in [-0.2, 0) is 11.2 Å². The predicted molar refractivity (Wildman–Crippen MR) is 91.9 cm³/mol. The number of carbonyl (C=O) groups excluding carboxylic acids is 1. The molecule has 0 spiro atoms. The second kappa shape index (κ2) is 7.16. The molecule has 1 amide bonds. The number of aliphatic imine (C=N–C) groups is 1. The summed E-state index contributed by atoms with van der Waals surface area (Å²) < 4.78 is 5.74. The van der Waals surface area contributed by atoms with E-state index in [0.29, 0.717) is 5.13 Å². The summed E-state index contributed by atoms with van der Waals surface area (Å²) in [6.07, 6.45) is 2.01. The van der Waals surface area contributed by atoms with Crippen LogP contribution in [0.15, 0.2) is 4.99 Å². The van der Waals surface area contributed by atoms with Crippen LogP contribution in [0.25, 0.3) is 0 Å². The number of thiazole rings is 1. The molecule has 1 aliphatic rings. The first-order valence-corrected chi connectivity index (χ1v) is 8.69. The standard InChI is InChI=1S/C15H25N5O2S/c1-8(2)20(9(3)4)15(21)22-10-6-5-7-11-12(10)18-14(23-11)19-13(16)17/h8-10H,5-7H2,1-4H3,(H4,16,17,18,19). The second-order valence-electron chi connectivity index (χ2n) is 6.20. The van der Waals surface area contributed by atoms with Gasteiger partial charge in [0.2, 0.25) is 5.13 Å². The zero-order valence-corrected chi connectivity index (χ0v) is 14.9. The molecule has 1 unspecified atom stereocenters. The Labute approximate surface area is 140 Å². The molecule has 1 atom stereocenters. The van der Waals surface area contributed by atoms with Gasteiger partial charge in [-0.1, -0.05) is 11.3 Å². The van der Waals surface area contributed by atoms with Crippen molar-refractivity contribution in [1.29, 1.82) is 0 Å². The van der Waals surface area contributed by atoms with Crippen molar-refractivity contribution in [3.05, 3.63) is 10.6 Å². The molecule has 0 saturated carbocycles. The Balaban J connectivity index is 2.18. The first-order valence-electron chi connectivity index (χ1n) is 7.87. The molecular formula is C15H25N5O2S. The van der Waals surface area contributed by atoms with Gasteiger partial charge in [-0.15, -0.1) is 0 Å². The number of hydrogen-bond acceptors (Lipinski definition) is 5. The van der Waals surface area contributed by atoms with Gasteiger partial charge in [-0.2, -0.15) is 4.99 Å². The number of hydrogen-bond donors (Lipinski definition) is 2. The average molecular weight is 339 g/mol. The smallest absolute Gasteiger partial charge is 0.410 e. The van der Waals surface area contributed by atoms with Crippen molar-refractivity contribution in [3.8, 4) is 0 Å². The molecule has 0 aliphatic heterocycles. The van der Waals surface area contributed by atoms with Gasteiger partial charge in [0.15, 0.2) is 5.96 Å². The fraction of sp³-hybridized carbons (Fsp3) is 0.667. The van der Waals surface area contributed by atoms with E-state index < -0.39 is 0 Å². The van der Waals surface area contributed by atoms with Crippen LogP contribution in [0, 0.1) is 0 Å². The van der Waals surface area contributed by atoms with Gasteiger partial charge in [0.1, 0.15) is 6.10 Å². The van der Waals surface area contributed by atoms with Crippen LogP contribution in [-0.4, -0.2) is 34.0 Å². The highest BCUT2D eigenvalue weighted by molar-refractivity contribution is 7.15. The van der Waals surface area contributed by atoms with Crippen molar-refractivity contribution in [2.45, 2.75) is 65.1 Å². The molecule has 128 valence electrons. The lowest BCUT2D eigenvalue weighted by molar-refractivity contribution is 0.0370. The van der Waals surface area contributed by atoms with Gasteiger partial charge < -0.3 is 21.1 Å². The molecular weight excluding hydrogens is 314 g/mol. The Hall–Kier alpha value is -1.83. The monoisotopic (exact) mass is 339 g/mol. The van der Waals surface area contributed by atoms with Gasteiger partial charge in [-0.05, 0) is 47.0 Å². The van der Waals surface area contributed by atoms with Crippen molar-refractivity contribution in [2.24, 2.45) is 16.5 Å². The van der Waals surface area contributed by atoms with Crippen LogP contribution < -0.4 is 11.5 Å². The molecule has 2 rings (SSSR count). The lowest BCUT2D eigenvalue weighted by Gasteiger charge is -2.32. The van der Waals surface area contributed by atoms with E-state index in [1.807, 2.05) is 27.7 Å². The maximum atomic E-state index is 12.5. The number of nitrogens with zero attached hydrogens (tertiary/aromatic N) is 3. The van der Waals surface area contributed by atoms with Crippen LogP contribution in [0.2, 0.25) is 0 Å². The number of rotatable bonds is 4. The zero-order chi connectivity index (χ0) is 17.1. The minimum atomic E-state index is -0.328. The quantitative estimate of drug-likeness (QED) is 0.648. The van der Waals surface area contributed by atoms with Crippen LogP contribution in [0.1, 0.15) is 57.2 Å². The zero-order valence-electron chi connectivity index (χ0n) is 14.1. The van der Waals surface area contributed by atoms with E-state index in [2.05, 4.69) is 9.98 Å². The van der Waals surface area contributed by atoms with Crippen molar-refractivity contribution in [3.63, 3.8) is 0 Å². The SMILES string of the molecule is CC(C)N(C(=O)OC1CCCc2sc(N=C(N)N)nc21)C(C)C. The number of amides is 1. The summed E-state index contributed by atoms with van der Waals surface area (Å²) in [5, 5.41) is 0.516.